The zero-order valence-electron chi connectivity index (χ0n) is 16.0. The molecule has 4 nitrogen and oxygen atoms in total. The van der Waals surface area contributed by atoms with E-state index in [4.69, 9.17) is 11.6 Å². The number of hydrogen-bond acceptors (Lipinski definition) is 3. The van der Waals surface area contributed by atoms with Gasteiger partial charge < -0.3 is 5.32 Å². The third-order valence-electron chi connectivity index (χ3n) is 5.50. The van der Waals surface area contributed by atoms with Crippen LogP contribution >= 0.6 is 11.6 Å². The quantitative estimate of drug-likeness (QED) is 0.659. The Morgan fingerprint density at radius 1 is 1.14 bits per heavy atom. The minimum atomic E-state index is -0.0193. The number of rotatable bonds is 4. The van der Waals surface area contributed by atoms with Gasteiger partial charge in [0.1, 0.15) is 5.15 Å². The molecule has 0 unspecified atom stereocenters. The van der Waals surface area contributed by atoms with Crippen molar-refractivity contribution in [3.05, 3.63) is 76.4 Å². The van der Waals surface area contributed by atoms with Crippen LogP contribution in [-0.2, 0) is 6.54 Å². The van der Waals surface area contributed by atoms with Gasteiger partial charge in [-0.2, -0.15) is 0 Å². The molecule has 4 rings (SSSR count). The van der Waals surface area contributed by atoms with Gasteiger partial charge in [-0.1, -0.05) is 35.9 Å². The van der Waals surface area contributed by atoms with Gasteiger partial charge >= 0.3 is 0 Å². The van der Waals surface area contributed by atoms with Crippen LogP contribution in [0.15, 0.2) is 54.6 Å². The number of carbonyl (C=O) groups is 1. The third-order valence-corrected chi connectivity index (χ3v) is 5.71. The van der Waals surface area contributed by atoms with Crippen LogP contribution < -0.4 is 5.32 Å². The number of aromatic nitrogens is 1. The lowest BCUT2D eigenvalue weighted by molar-refractivity contribution is 0.0909. The predicted octanol–water partition coefficient (Wildman–Crippen LogP) is 4.59. The lowest BCUT2D eigenvalue weighted by Gasteiger charge is -2.32. The van der Waals surface area contributed by atoms with E-state index in [0.717, 1.165) is 43.4 Å². The van der Waals surface area contributed by atoms with E-state index in [1.807, 2.05) is 24.3 Å². The van der Waals surface area contributed by atoms with Gasteiger partial charge in [0.25, 0.3) is 5.91 Å². The molecule has 1 fully saturated rings. The number of fused-ring (bicyclic) bond motifs is 1. The van der Waals surface area contributed by atoms with Crippen molar-refractivity contribution in [2.75, 3.05) is 13.1 Å². The van der Waals surface area contributed by atoms with Gasteiger partial charge in [-0.05, 0) is 61.2 Å². The van der Waals surface area contributed by atoms with Crippen molar-refractivity contribution in [1.82, 2.24) is 15.2 Å². The summed E-state index contributed by atoms with van der Waals surface area (Å²) in [6, 6.07) is 17.9. The number of halogens is 1. The van der Waals surface area contributed by atoms with Crippen molar-refractivity contribution < 1.29 is 4.79 Å². The van der Waals surface area contributed by atoms with E-state index in [9.17, 15) is 4.79 Å². The van der Waals surface area contributed by atoms with E-state index in [1.165, 1.54) is 11.1 Å². The Hall–Kier alpha value is -2.43. The summed E-state index contributed by atoms with van der Waals surface area (Å²) < 4.78 is 0. The summed E-state index contributed by atoms with van der Waals surface area (Å²) in [5.74, 6) is -0.0193. The van der Waals surface area contributed by atoms with Gasteiger partial charge in [0.2, 0.25) is 0 Å². The number of hydrogen-bond donors (Lipinski definition) is 1. The average Bonchev–Trinajstić information content (AvgIpc) is 2.70. The summed E-state index contributed by atoms with van der Waals surface area (Å²) in [4.78, 5) is 19.4. The van der Waals surface area contributed by atoms with Crippen LogP contribution in [0.2, 0.25) is 5.15 Å². The van der Waals surface area contributed by atoms with Gasteiger partial charge in [-0.3, -0.25) is 9.69 Å². The standard InChI is InChI=1S/C23H24ClN3O/c1-16-4-2-3-5-19(16)15-27-12-10-20(11-13-27)25-23(28)18-6-8-21-17(14-18)7-9-22(24)26-21/h2-9,14,20H,10-13,15H2,1H3,(H,25,28). The molecule has 1 saturated heterocycles. The van der Waals surface area contributed by atoms with Gasteiger partial charge in [0.15, 0.2) is 0 Å². The summed E-state index contributed by atoms with van der Waals surface area (Å²) in [7, 11) is 0. The number of likely N-dealkylation sites (tertiary alicyclic amines) is 1. The van der Waals surface area contributed by atoms with Crippen molar-refractivity contribution in [2.24, 2.45) is 0 Å². The number of carbonyl (C=O) groups excluding carboxylic acids is 1. The molecule has 0 bridgehead atoms. The smallest absolute Gasteiger partial charge is 0.251 e. The Balaban J connectivity index is 1.34. The van der Waals surface area contributed by atoms with E-state index in [-0.39, 0.29) is 11.9 Å². The zero-order chi connectivity index (χ0) is 19.5. The van der Waals surface area contributed by atoms with Crippen molar-refractivity contribution in [1.29, 1.82) is 0 Å². The van der Waals surface area contributed by atoms with Gasteiger partial charge in [0, 0.05) is 36.6 Å². The Labute approximate surface area is 170 Å². The fourth-order valence-electron chi connectivity index (χ4n) is 3.77. The number of aryl methyl sites for hydroxylation is 1. The molecule has 5 heteroatoms. The normalized spacial score (nSPS) is 15.6. The van der Waals surface area contributed by atoms with Crippen molar-refractivity contribution in [3.8, 4) is 0 Å². The molecule has 0 radical (unpaired) electrons. The van der Waals surface area contributed by atoms with Crippen LogP contribution in [0, 0.1) is 6.92 Å². The van der Waals surface area contributed by atoms with Crippen LogP contribution in [-0.4, -0.2) is 34.9 Å². The maximum absolute atomic E-state index is 12.7. The molecule has 2 aromatic carbocycles. The molecule has 0 saturated carbocycles. The number of amides is 1. The molecule has 1 aliphatic rings. The Morgan fingerprint density at radius 3 is 2.71 bits per heavy atom. The topological polar surface area (TPSA) is 45.2 Å². The molecule has 0 atom stereocenters. The van der Waals surface area contributed by atoms with Crippen LogP contribution in [0.4, 0.5) is 0 Å². The lowest BCUT2D eigenvalue weighted by Crippen LogP contribution is -2.44. The fourth-order valence-corrected chi connectivity index (χ4v) is 3.93. The first-order chi connectivity index (χ1) is 13.6. The summed E-state index contributed by atoms with van der Waals surface area (Å²) >= 11 is 5.93. The molecular formula is C23H24ClN3O. The molecule has 28 heavy (non-hydrogen) atoms. The Morgan fingerprint density at radius 2 is 1.93 bits per heavy atom. The highest BCUT2D eigenvalue weighted by Gasteiger charge is 2.21. The first kappa shape index (κ1) is 18.9. The molecule has 1 aliphatic heterocycles. The lowest BCUT2D eigenvalue weighted by atomic mass is 10.0. The molecule has 3 aromatic rings. The van der Waals surface area contributed by atoms with Crippen molar-refractivity contribution >= 4 is 28.4 Å². The molecule has 1 amide bonds. The van der Waals surface area contributed by atoms with Gasteiger partial charge in [-0.15, -0.1) is 0 Å². The zero-order valence-corrected chi connectivity index (χ0v) is 16.7. The summed E-state index contributed by atoms with van der Waals surface area (Å²) in [5, 5.41) is 4.58. The summed E-state index contributed by atoms with van der Waals surface area (Å²) in [5.41, 5.74) is 4.19. The van der Waals surface area contributed by atoms with Crippen molar-refractivity contribution in [2.45, 2.75) is 32.4 Å². The second-order valence-corrected chi connectivity index (χ2v) is 7.88. The summed E-state index contributed by atoms with van der Waals surface area (Å²) in [6.45, 7) is 5.14. The second-order valence-electron chi connectivity index (χ2n) is 7.49. The third kappa shape index (κ3) is 4.34. The molecule has 2 heterocycles. The van der Waals surface area contributed by atoms with E-state index in [0.29, 0.717) is 10.7 Å². The average molecular weight is 394 g/mol. The highest BCUT2D eigenvalue weighted by Crippen LogP contribution is 2.19. The van der Waals surface area contributed by atoms with E-state index >= 15 is 0 Å². The van der Waals surface area contributed by atoms with Crippen LogP contribution in [0.25, 0.3) is 10.9 Å². The Bertz CT molecular complexity index is 996. The van der Waals surface area contributed by atoms with E-state index in [2.05, 4.69) is 46.4 Å². The predicted molar refractivity (Wildman–Crippen MR) is 114 cm³/mol. The SMILES string of the molecule is Cc1ccccc1CN1CCC(NC(=O)c2ccc3nc(Cl)ccc3c2)CC1. The van der Waals surface area contributed by atoms with Crippen molar-refractivity contribution in [3.63, 3.8) is 0 Å². The molecule has 1 N–H and O–H groups in total. The number of piperidine rings is 1. The molecule has 1 aromatic heterocycles. The van der Waals surface area contributed by atoms with Crippen LogP contribution in [0.1, 0.15) is 34.3 Å². The largest absolute Gasteiger partial charge is 0.349 e. The minimum Gasteiger partial charge on any atom is -0.349 e. The van der Waals surface area contributed by atoms with E-state index < -0.39 is 0 Å². The van der Waals surface area contributed by atoms with Crippen LogP contribution in [0.5, 0.6) is 0 Å². The van der Waals surface area contributed by atoms with E-state index in [1.54, 1.807) is 6.07 Å². The monoisotopic (exact) mass is 393 g/mol. The fraction of sp³-hybridized carbons (Fsp3) is 0.304. The Kier molecular flexibility index (Phi) is 5.60. The second kappa shape index (κ2) is 8.29. The maximum atomic E-state index is 12.7. The first-order valence-corrected chi connectivity index (χ1v) is 10.1. The number of pyridine rings is 1. The number of benzene rings is 2. The molecule has 0 spiro atoms. The molecular weight excluding hydrogens is 370 g/mol. The highest BCUT2D eigenvalue weighted by molar-refractivity contribution is 6.29. The molecule has 144 valence electrons. The maximum Gasteiger partial charge on any atom is 0.251 e. The highest BCUT2D eigenvalue weighted by atomic mass is 35.5. The number of nitrogens with zero attached hydrogens (tertiary/aromatic N) is 2. The van der Waals surface area contributed by atoms with Gasteiger partial charge in [0.05, 0.1) is 5.52 Å². The summed E-state index contributed by atoms with van der Waals surface area (Å²) in [6.07, 6.45) is 1.95. The molecule has 0 aliphatic carbocycles. The van der Waals surface area contributed by atoms with Gasteiger partial charge in [-0.25, -0.2) is 4.98 Å². The number of nitrogens with one attached hydrogen (secondary N) is 1. The minimum absolute atomic E-state index is 0.0193. The van der Waals surface area contributed by atoms with Crippen LogP contribution in [0.3, 0.4) is 0 Å². The first-order valence-electron chi connectivity index (χ1n) is 9.72.